The van der Waals surface area contributed by atoms with Gasteiger partial charge in [-0.3, -0.25) is 4.79 Å². The minimum Gasteiger partial charge on any atom is -0.394 e. The molecule has 2 saturated heterocycles. The summed E-state index contributed by atoms with van der Waals surface area (Å²) in [4.78, 5) is 13.8. The summed E-state index contributed by atoms with van der Waals surface area (Å²) in [5.74, 6) is -0.599. The monoisotopic (exact) mass is 782 g/mol. The van der Waals surface area contributed by atoms with Crippen LogP contribution >= 0.6 is 0 Å². The van der Waals surface area contributed by atoms with Crippen molar-refractivity contribution in [2.24, 2.45) is 45.3 Å². The number of ketones is 1. The number of carbonyl (C=O) groups excluding carboxylic acids is 1. The number of Topliss-reactive ketones (excluding diaryl/α,β-unsaturated/α-hetero) is 1. The van der Waals surface area contributed by atoms with Gasteiger partial charge in [-0.2, -0.15) is 0 Å². The van der Waals surface area contributed by atoms with E-state index in [-0.39, 0.29) is 29.5 Å². The van der Waals surface area contributed by atoms with Gasteiger partial charge in [0.2, 0.25) is 0 Å². The Kier molecular flexibility index (Phi) is 12.0. The summed E-state index contributed by atoms with van der Waals surface area (Å²) in [7, 11) is 0. The van der Waals surface area contributed by atoms with Crippen LogP contribution < -0.4 is 0 Å². The maximum absolute atomic E-state index is 13.8. The number of aliphatic hydroxyl groups is 8. The van der Waals surface area contributed by atoms with Crippen molar-refractivity contribution in [1.29, 1.82) is 0 Å². The molecular weight excluding hydrogens is 712 g/mol. The van der Waals surface area contributed by atoms with Crippen molar-refractivity contribution < 1.29 is 64.6 Å². The van der Waals surface area contributed by atoms with Crippen molar-refractivity contribution in [2.45, 2.75) is 193 Å². The fraction of sp³-hybridized carbons (Fsp3) is 0.929. The Morgan fingerprint density at radius 3 is 2.20 bits per heavy atom. The van der Waals surface area contributed by atoms with Crippen LogP contribution in [0.1, 0.15) is 114 Å². The number of hydrogen-bond donors (Lipinski definition) is 8. The Bertz CT molecular complexity index is 1430. The number of ether oxygens (including phenoxy) is 4. The zero-order chi connectivity index (χ0) is 40.8. The third kappa shape index (κ3) is 7.01. The average molecular weight is 783 g/mol. The van der Waals surface area contributed by atoms with Crippen LogP contribution in [-0.2, 0) is 23.7 Å². The number of allylic oxidation sites excluding steroid dienone is 2. The number of carbonyl (C=O) groups is 1. The molecule has 0 aromatic heterocycles. The van der Waals surface area contributed by atoms with E-state index in [1.165, 1.54) is 12.5 Å². The molecule has 13 heteroatoms. The third-order valence-electron chi connectivity index (χ3n) is 16.2. The van der Waals surface area contributed by atoms with E-state index >= 15 is 0 Å². The Labute approximate surface area is 326 Å². The lowest BCUT2D eigenvalue weighted by atomic mass is 9.34. The first-order chi connectivity index (χ1) is 25.5. The van der Waals surface area contributed by atoms with Crippen LogP contribution in [0, 0.1) is 45.3 Å². The number of fused-ring (bicyclic) bond motifs is 5. The minimum atomic E-state index is -1.71. The van der Waals surface area contributed by atoms with Crippen molar-refractivity contribution >= 4 is 5.78 Å². The topological polar surface area (TPSA) is 216 Å². The smallest absolute Gasteiger partial charge is 0.187 e. The van der Waals surface area contributed by atoms with E-state index in [0.717, 1.165) is 19.3 Å². The number of hydrogen-bond acceptors (Lipinski definition) is 13. The summed E-state index contributed by atoms with van der Waals surface area (Å²) in [6, 6.07) is 0. The lowest BCUT2D eigenvalue weighted by Crippen LogP contribution is -2.70. The van der Waals surface area contributed by atoms with Gasteiger partial charge in [0.1, 0.15) is 48.5 Å². The number of aliphatic hydroxyl groups excluding tert-OH is 7. The Morgan fingerprint density at radius 1 is 0.891 bits per heavy atom. The summed E-state index contributed by atoms with van der Waals surface area (Å²) in [6.45, 7) is 17.5. The van der Waals surface area contributed by atoms with E-state index in [4.69, 9.17) is 18.9 Å². The highest BCUT2D eigenvalue weighted by atomic mass is 16.8. The molecule has 0 amide bonds. The van der Waals surface area contributed by atoms with Crippen LogP contribution in [0.15, 0.2) is 11.6 Å². The summed E-state index contributed by atoms with van der Waals surface area (Å²) in [5, 5.41) is 88.7. The zero-order valence-corrected chi connectivity index (χ0v) is 34.3. The standard InChI is InChI=1S/C42H70O13/c1-20(2)11-10-14-42(9,51)22-12-16-40(7)28(22)23(44)17-26-39(6)15-13-27(45)38(4,5)35(39)24(18-41(26,40)8)53-37-34(32(49)30(47)25(19-43)54-37)55-36-33(50)31(48)29(46)21(3)52-36/h11,21-26,28-37,43-44,46-51H,10,12-19H2,1-9H3/t21-,22?,23+,24-,25+,26?,28?,29-,30+,31+,32-,33+,34+,35?,36-,37+,39+,40+,41+,42-/m0/s1. The van der Waals surface area contributed by atoms with Crippen LogP contribution in [0.5, 0.6) is 0 Å². The van der Waals surface area contributed by atoms with Gasteiger partial charge in [-0.1, -0.05) is 46.3 Å². The van der Waals surface area contributed by atoms with Gasteiger partial charge in [0, 0.05) is 17.8 Å². The molecule has 0 radical (unpaired) electrons. The molecule has 55 heavy (non-hydrogen) atoms. The highest BCUT2D eigenvalue weighted by molar-refractivity contribution is 5.85. The van der Waals surface area contributed by atoms with Gasteiger partial charge in [0.15, 0.2) is 12.6 Å². The molecule has 0 aromatic rings. The van der Waals surface area contributed by atoms with Gasteiger partial charge >= 0.3 is 0 Å². The van der Waals surface area contributed by atoms with E-state index in [1.807, 2.05) is 34.6 Å². The predicted octanol–water partition coefficient (Wildman–Crippen LogP) is 2.36. The Hall–Kier alpha value is -1.07. The molecule has 13 nitrogen and oxygen atoms in total. The molecule has 2 aliphatic heterocycles. The molecule has 6 rings (SSSR count). The van der Waals surface area contributed by atoms with Gasteiger partial charge in [-0.05, 0) is 107 Å². The van der Waals surface area contributed by atoms with Crippen LogP contribution in [0.4, 0.5) is 0 Å². The molecule has 6 fully saturated rings. The zero-order valence-electron chi connectivity index (χ0n) is 34.3. The van der Waals surface area contributed by atoms with E-state index in [9.17, 15) is 45.6 Å². The lowest BCUT2D eigenvalue weighted by Gasteiger charge is -2.71. The molecule has 0 aromatic carbocycles. The molecule has 2 heterocycles. The predicted molar refractivity (Wildman–Crippen MR) is 200 cm³/mol. The quantitative estimate of drug-likeness (QED) is 0.125. The second kappa shape index (κ2) is 15.2. The first-order valence-corrected chi connectivity index (χ1v) is 20.7. The minimum absolute atomic E-state index is 0.0000362. The lowest BCUT2D eigenvalue weighted by molar-refractivity contribution is -0.379. The van der Waals surface area contributed by atoms with Crippen LogP contribution in [0.2, 0.25) is 0 Å². The van der Waals surface area contributed by atoms with Gasteiger partial charge in [-0.15, -0.1) is 0 Å². The second-order valence-corrected chi connectivity index (χ2v) is 20.0. The highest BCUT2D eigenvalue weighted by Gasteiger charge is 2.73. The van der Waals surface area contributed by atoms with E-state index in [1.54, 1.807) is 0 Å². The van der Waals surface area contributed by atoms with Crippen molar-refractivity contribution in [3.63, 3.8) is 0 Å². The normalized spacial score (nSPS) is 52.1. The molecule has 4 unspecified atom stereocenters. The molecule has 20 atom stereocenters. The molecule has 4 aliphatic carbocycles. The molecule has 0 bridgehead atoms. The van der Waals surface area contributed by atoms with Crippen molar-refractivity contribution in [2.75, 3.05) is 6.61 Å². The first kappa shape index (κ1) is 43.5. The molecular formula is C42H70O13. The van der Waals surface area contributed by atoms with Gasteiger partial charge in [0.05, 0.1) is 30.5 Å². The molecule has 4 saturated carbocycles. The average Bonchev–Trinajstić information content (AvgIpc) is 3.49. The summed E-state index contributed by atoms with van der Waals surface area (Å²) in [5.41, 5.74) is -2.04. The molecule has 316 valence electrons. The van der Waals surface area contributed by atoms with Gasteiger partial charge < -0.3 is 59.8 Å². The van der Waals surface area contributed by atoms with Gasteiger partial charge in [-0.25, -0.2) is 0 Å². The van der Waals surface area contributed by atoms with Crippen LogP contribution in [0.3, 0.4) is 0 Å². The highest BCUT2D eigenvalue weighted by Crippen LogP contribution is 2.76. The SMILES string of the molecule is CC(C)=CCC[C@](C)(O)C1CC[C@]2(C)C1[C@H](O)CC1[C@@]3(C)CCC(=O)C(C)(C)C3[C@@H](O[C@@H]3O[C@H](CO)[C@@H](O)[C@H](O)[C@H]3O[C@@H]3O[C@@H](C)[C@H](O)[C@@H](O)[C@H]3O)C[C@]12C. The van der Waals surface area contributed by atoms with Crippen molar-refractivity contribution in [3.8, 4) is 0 Å². The molecule has 8 N–H and O–H groups in total. The van der Waals surface area contributed by atoms with E-state index < -0.39 is 107 Å². The maximum atomic E-state index is 13.8. The van der Waals surface area contributed by atoms with Crippen LogP contribution in [0.25, 0.3) is 0 Å². The van der Waals surface area contributed by atoms with Crippen molar-refractivity contribution in [3.05, 3.63) is 11.6 Å². The first-order valence-electron chi connectivity index (χ1n) is 20.7. The summed E-state index contributed by atoms with van der Waals surface area (Å²) in [6.07, 6.45) is -9.00. The number of rotatable bonds is 9. The van der Waals surface area contributed by atoms with E-state index in [0.29, 0.717) is 32.1 Å². The van der Waals surface area contributed by atoms with Crippen molar-refractivity contribution in [1.82, 2.24) is 0 Å². The fourth-order valence-corrected chi connectivity index (χ4v) is 13.1. The summed E-state index contributed by atoms with van der Waals surface area (Å²) >= 11 is 0. The van der Waals surface area contributed by atoms with E-state index in [2.05, 4.69) is 26.8 Å². The van der Waals surface area contributed by atoms with Gasteiger partial charge in [0.25, 0.3) is 0 Å². The second-order valence-electron chi connectivity index (χ2n) is 20.0. The largest absolute Gasteiger partial charge is 0.394 e. The molecule has 0 spiro atoms. The van der Waals surface area contributed by atoms with Crippen LogP contribution in [-0.4, -0.2) is 132 Å². The summed E-state index contributed by atoms with van der Waals surface area (Å²) < 4.78 is 25.0. The fourth-order valence-electron chi connectivity index (χ4n) is 13.1. The Morgan fingerprint density at radius 2 is 1.56 bits per heavy atom. The molecule has 6 aliphatic rings. The third-order valence-corrected chi connectivity index (χ3v) is 16.2. The Balaban J connectivity index is 1.39. The maximum Gasteiger partial charge on any atom is 0.187 e.